The fraction of sp³-hybridized carbons (Fsp3) is 0.533. The molecule has 9 heteroatoms. The number of aryl methyl sites for hydroxylation is 1. The summed E-state index contributed by atoms with van der Waals surface area (Å²) >= 11 is 0. The number of sulfonamides is 1. The van der Waals surface area contributed by atoms with Crippen molar-refractivity contribution in [3.63, 3.8) is 0 Å². The topological polar surface area (TPSA) is 112 Å². The number of rotatable bonds is 9. The highest BCUT2D eigenvalue weighted by molar-refractivity contribution is 7.89. The molecular weight excluding hydrogens is 332 g/mol. The average Bonchev–Trinajstić information content (AvgIpc) is 2.55. The molecule has 8 nitrogen and oxygen atoms in total. The van der Waals surface area contributed by atoms with E-state index in [9.17, 15) is 13.2 Å². The summed E-state index contributed by atoms with van der Waals surface area (Å²) < 4.78 is 30.7. The molecule has 24 heavy (non-hydrogen) atoms. The molecule has 0 aromatic heterocycles. The molecule has 1 aromatic carbocycles. The van der Waals surface area contributed by atoms with Gasteiger partial charge in [0.25, 0.3) is 0 Å². The van der Waals surface area contributed by atoms with Gasteiger partial charge in [-0.2, -0.15) is 0 Å². The number of nitrogens with zero attached hydrogens (tertiary/aromatic N) is 4. The lowest BCUT2D eigenvalue weighted by Crippen LogP contribution is -2.28. The Kier molecular flexibility index (Phi) is 7.70. The van der Waals surface area contributed by atoms with Crippen LogP contribution in [0, 0.1) is 6.92 Å². The zero-order valence-electron chi connectivity index (χ0n) is 14.0. The maximum atomic E-state index is 12.4. The molecule has 0 aliphatic rings. The Bertz CT molecular complexity index is 697. The van der Waals surface area contributed by atoms with Crippen molar-refractivity contribution >= 4 is 16.0 Å². The van der Waals surface area contributed by atoms with Crippen molar-refractivity contribution in [2.75, 3.05) is 20.7 Å². The minimum atomic E-state index is -3.56. The van der Waals surface area contributed by atoms with E-state index in [2.05, 4.69) is 14.8 Å². The highest BCUT2D eigenvalue weighted by Gasteiger charge is 2.21. The number of benzene rings is 1. The summed E-state index contributed by atoms with van der Waals surface area (Å²) in [7, 11) is -0.796. The summed E-state index contributed by atoms with van der Waals surface area (Å²) in [6, 6.07) is 6.09. The monoisotopic (exact) mass is 354 g/mol. The van der Waals surface area contributed by atoms with Crippen molar-refractivity contribution in [3.05, 3.63) is 40.3 Å². The number of ether oxygens (including phenoxy) is 1. The second-order valence-electron chi connectivity index (χ2n) is 5.42. The van der Waals surface area contributed by atoms with Crippen LogP contribution in [-0.4, -0.2) is 45.4 Å². The molecule has 0 aliphatic heterocycles. The molecule has 1 rings (SSSR count). The molecule has 1 unspecified atom stereocenters. The number of carbonyl (C=O) groups excluding carboxylic acids is 1. The Labute approximate surface area is 142 Å². The summed E-state index contributed by atoms with van der Waals surface area (Å²) in [6.07, 6.45) is 0.837. The molecule has 0 amide bonds. The van der Waals surface area contributed by atoms with Crippen LogP contribution in [0.25, 0.3) is 10.4 Å². The van der Waals surface area contributed by atoms with Crippen molar-refractivity contribution < 1.29 is 17.9 Å². The van der Waals surface area contributed by atoms with Crippen molar-refractivity contribution in [1.29, 1.82) is 0 Å². The predicted molar refractivity (Wildman–Crippen MR) is 89.8 cm³/mol. The lowest BCUT2D eigenvalue weighted by molar-refractivity contribution is -0.141. The summed E-state index contributed by atoms with van der Waals surface area (Å²) in [5.41, 5.74) is 9.51. The van der Waals surface area contributed by atoms with Crippen molar-refractivity contribution in [1.82, 2.24) is 4.31 Å². The number of methoxy groups -OCH3 is 1. The van der Waals surface area contributed by atoms with Gasteiger partial charge in [0.2, 0.25) is 10.0 Å². The zero-order valence-corrected chi connectivity index (χ0v) is 14.9. The van der Waals surface area contributed by atoms with E-state index in [1.807, 2.05) is 6.92 Å². The molecular formula is C15H22N4O4S. The van der Waals surface area contributed by atoms with Gasteiger partial charge in [0, 0.05) is 24.5 Å². The van der Waals surface area contributed by atoms with E-state index < -0.39 is 22.0 Å². The molecule has 0 N–H and O–H groups in total. The first-order valence-electron chi connectivity index (χ1n) is 7.45. The first-order valence-corrected chi connectivity index (χ1v) is 8.89. The van der Waals surface area contributed by atoms with E-state index in [0.29, 0.717) is 12.8 Å². The molecule has 0 radical (unpaired) electrons. The average molecular weight is 354 g/mol. The number of hydrogen-bond donors (Lipinski definition) is 0. The molecule has 0 bridgehead atoms. The van der Waals surface area contributed by atoms with Crippen LogP contribution in [0.15, 0.2) is 34.3 Å². The second kappa shape index (κ2) is 9.27. The van der Waals surface area contributed by atoms with Gasteiger partial charge < -0.3 is 4.74 Å². The third kappa shape index (κ3) is 5.84. The zero-order chi connectivity index (χ0) is 18.2. The lowest BCUT2D eigenvalue weighted by atomic mass is 10.1. The van der Waals surface area contributed by atoms with Gasteiger partial charge in [-0.15, -0.1) is 0 Å². The van der Waals surface area contributed by atoms with E-state index in [-0.39, 0.29) is 17.9 Å². The van der Waals surface area contributed by atoms with E-state index >= 15 is 0 Å². The highest BCUT2D eigenvalue weighted by Crippen LogP contribution is 2.16. The van der Waals surface area contributed by atoms with Gasteiger partial charge in [0.1, 0.15) is 0 Å². The molecule has 0 fully saturated rings. The van der Waals surface area contributed by atoms with E-state index in [0.717, 1.165) is 5.56 Å². The van der Waals surface area contributed by atoms with Crippen LogP contribution in [0.3, 0.4) is 0 Å². The Morgan fingerprint density at radius 3 is 2.54 bits per heavy atom. The van der Waals surface area contributed by atoms with Crippen molar-refractivity contribution in [2.45, 2.75) is 37.1 Å². The molecule has 132 valence electrons. The van der Waals surface area contributed by atoms with Gasteiger partial charge in [-0.3, -0.25) is 4.79 Å². The third-order valence-electron chi connectivity index (χ3n) is 3.58. The number of hydrogen-bond acceptors (Lipinski definition) is 5. The predicted octanol–water partition coefficient (Wildman–Crippen LogP) is 2.64. The van der Waals surface area contributed by atoms with Gasteiger partial charge in [0.05, 0.1) is 18.4 Å². The lowest BCUT2D eigenvalue weighted by Gasteiger charge is -2.18. The van der Waals surface area contributed by atoms with Crippen LogP contribution in [0.1, 0.15) is 24.8 Å². The summed E-state index contributed by atoms with van der Waals surface area (Å²) in [5.74, 6) is -0.465. The van der Waals surface area contributed by atoms with E-state index in [4.69, 9.17) is 5.53 Å². The number of azide groups is 1. The minimum absolute atomic E-state index is 0.0189. The summed E-state index contributed by atoms with van der Waals surface area (Å²) in [4.78, 5) is 14.2. The van der Waals surface area contributed by atoms with Crippen molar-refractivity contribution in [2.24, 2.45) is 5.11 Å². The van der Waals surface area contributed by atoms with E-state index in [1.54, 1.807) is 24.3 Å². The quantitative estimate of drug-likeness (QED) is 0.293. The smallest absolute Gasteiger partial charge is 0.305 e. The summed E-state index contributed by atoms with van der Waals surface area (Å²) in [5, 5.41) is 3.55. The van der Waals surface area contributed by atoms with Crippen LogP contribution < -0.4 is 0 Å². The molecule has 0 saturated heterocycles. The number of carbonyl (C=O) groups is 1. The van der Waals surface area contributed by atoms with Gasteiger partial charge in [-0.1, -0.05) is 22.8 Å². The third-order valence-corrected chi connectivity index (χ3v) is 5.46. The fourth-order valence-electron chi connectivity index (χ4n) is 2.11. The standard InChI is InChI=1S/C15H22N4O4S/c1-12-6-8-14(9-7-12)24(21,22)19(2)10-4-5-13(17-18-16)11-15(20)23-3/h6-9,13H,4-5,10-11H2,1-3H3. The van der Waals surface area contributed by atoms with Crippen molar-refractivity contribution in [3.8, 4) is 0 Å². The second-order valence-corrected chi connectivity index (χ2v) is 7.47. The van der Waals surface area contributed by atoms with E-state index in [1.165, 1.54) is 18.5 Å². The largest absolute Gasteiger partial charge is 0.469 e. The molecule has 0 saturated carbocycles. The highest BCUT2D eigenvalue weighted by atomic mass is 32.2. The molecule has 0 heterocycles. The molecule has 0 aliphatic carbocycles. The maximum Gasteiger partial charge on any atom is 0.305 e. The normalized spacial score (nSPS) is 12.5. The Morgan fingerprint density at radius 2 is 2.00 bits per heavy atom. The maximum absolute atomic E-state index is 12.4. The molecule has 0 spiro atoms. The first kappa shape index (κ1) is 20.0. The summed E-state index contributed by atoms with van der Waals surface area (Å²) in [6.45, 7) is 2.14. The van der Waals surface area contributed by atoms with Crippen LogP contribution in [0.5, 0.6) is 0 Å². The number of esters is 1. The van der Waals surface area contributed by atoms with Crippen LogP contribution in [0.4, 0.5) is 0 Å². The Balaban J connectivity index is 2.63. The van der Waals surface area contributed by atoms with Crippen LogP contribution >= 0.6 is 0 Å². The van der Waals surface area contributed by atoms with Gasteiger partial charge in [-0.25, -0.2) is 12.7 Å². The van der Waals surface area contributed by atoms with Crippen LogP contribution in [0.2, 0.25) is 0 Å². The van der Waals surface area contributed by atoms with Gasteiger partial charge in [0.15, 0.2) is 0 Å². The Morgan fingerprint density at radius 1 is 1.38 bits per heavy atom. The van der Waals surface area contributed by atoms with Gasteiger partial charge in [-0.05, 0) is 37.4 Å². The molecule has 1 atom stereocenters. The van der Waals surface area contributed by atoms with Gasteiger partial charge >= 0.3 is 5.97 Å². The minimum Gasteiger partial charge on any atom is -0.469 e. The fourth-order valence-corrected chi connectivity index (χ4v) is 3.32. The molecule has 1 aromatic rings. The van der Waals surface area contributed by atoms with Crippen LogP contribution in [-0.2, 0) is 19.6 Å². The Hall–Kier alpha value is -2.09. The SMILES string of the molecule is COC(=O)CC(CCCN(C)S(=O)(=O)c1ccc(C)cc1)N=[N+]=[N-]. The first-order chi connectivity index (χ1) is 11.3.